The molecule has 0 saturated heterocycles. The van der Waals surface area contributed by atoms with Gasteiger partial charge in [0, 0.05) is 23.6 Å². The van der Waals surface area contributed by atoms with Crippen LogP contribution in [0.15, 0.2) is 46.9 Å². The van der Waals surface area contributed by atoms with Crippen molar-refractivity contribution in [2.24, 2.45) is 0 Å². The van der Waals surface area contributed by atoms with Gasteiger partial charge < -0.3 is 15.1 Å². The first-order chi connectivity index (χ1) is 12.4. The van der Waals surface area contributed by atoms with Crippen LogP contribution in [-0.4, -0.2) is 11.8 Å². The van der Waals surface area contributed by atoms with Gasteiger partial charge in [-0.15, -0.1) is 0 Å². The summed E-state index contributed by atoms with van der Waals surface area (Å²) in [5.74, 6) is -0.995. The summed E-state index contributed by atoms with van der Waals surface area (Å²) in [7, 11) is 0. The van der Waals surface area contributed by atoms with Crippen molar-refractivity contribution in [2.45, 2.75) is 26.8 Å². The van der Waals surface area contributed by atoms with E-state index in [2.05, 4.69) is 10.6 Å². The summed E-state index contributed by atoms with van der Waals surface area (Å²) >= 11 is 0. The molecule has 1 unspecified atom stereocenters. The summed E-state index contributed by atoms with van der Waals surface area (Å²) in [6.07, 6.45) is 0. The maximum absolute atomic E-state index is 13.9. The molecule has 0 aliphatic carbocycles. The second-order valence-electron chi connectivity index (χ2n) is 6.17. The minimum atomic E-state index is -0.499. The van der Waals surface area contributed by atoms with Crippen LogP contribution in [0.5, 0.6) is 0 Å². The number of carbonyl (C=O) groups is 2. The monoisotopic (exact) mass is 354 g/mol. The van der Waals surface area contributed by atoms with Crippen molar-refractivity contribution < 1.29 is 18.4 Å². The molecular formula is C20H19FN2O3. The Labute approximate surface area is 150 Å². The zero-order chi connectivity index (χ0) is 18.8. The second kappa shape index (κ2) is 7.00. The van der Waals surface area contributed by atoms with Crippen molar-refractivity contribution in [3.05, 3.63) is 65.2 Å². The summed E-state index contributed by atoms with van der Waals surface area (Å²) in [6.45, 7) is 4.98. The molecule has 2 N–H and O–H groups in total. The van der Waals surface area contributed by atoms with E-state index < -0.39 is 11.7 Å². The number of benzene rings is 2. The third-order valence-electron chi connectivity index (χ3n) is 4.18. The topological polar surface area (TPSA) is 71.3 Å². The Balaban J connectivity index is 1.83. The third kappa shape index (κ3) is 3.44. The SMILES string of the molecule is CC(=O)Nc1cccc(C(C)NC(=O)c2oc3c(F)cccc3c2C)c1. The normalized spacial score (nSPS) is 12.0. The number of amides is 2. The summed E-state index contributed by atoms with van der Waals surface area (Å²) in [5.41, 5.74) is 2.15. The number of aryl methyl sites for hydroxylation is 1. The largest absolute Gasteiger partial charge is 0.448 e. The van der Waals surface area contributed by atoms with E-state index in [0.29, 0.717) is 16.6 Å². The summed E-state index contributed by atoms with van der Waals surface area (Å²) < 4.78 is 19.3. The Morgan fingerprint density at radius 2 is 1.88 bits per heavy atom. The number of rotatable bonds is 4. The average Bonchev–Trinajstić information content (AvgIpc) is 2.93. The van der Waals surface area contributed by atoms with Crippen LogP contribution in [0.1, 0.15) is 41.6 Å². The zero-order valence-electron chi connectivity index (χ0n) is 14.7. The van der Waals surface area contributed by atoms with Crippen molar-refractivity contribution in [1.29, 1.82) is 0 Å². The molecule has 2 amide bonds. The number of halogens is 1. The minimum Gasteiger partial charge on any atom is -0.448 e. The van der Waals surface area contributed by atoms with Crippen molar-refractivity contribution >= 4 is 28.5 Å². The molecule has 26 heavy (non-hydrogen) atoms. The first-order valence-corrected chi connectivity index (χ1v) is 8.23. The van der Waals surface area contributed by atoms with E-state index >= 15 is 0 Å². The van der Waals surface area contributed by atoms with Crippen LogP contribution >= 0.6 is 0 Å². The predicted octanol–water partition coefficient (Wildman–Crippen LogP) is 4.33. The fraction of sp³-hybridized carbons (Fsp3) is 0.200. The van der Waals surface area contributed by atoms with Gasteiger partial charge in [0.25, 0.3) is 5.91 Å². The van der Waals surface area contributed by atoms with E-state index in [1.807, 2.05) is 13.0 Å². The molecule has 0 aliphatic rings. The molecule has 3 aromatic rings. The number of anilines is 1. The lowest BCUT2D eigenvalue weighted by atomic mass is 10.1. The van der Waals surface area contributed by atoms with Crippen LogP contribution in [0.25, 0.3) is 11.0 Å². The van der Waals surface area contributed by atoms with Gasteiger partial charge in [-0.3, -0.25) is 9.59 Å². The molecule has 134 valence electrons. The molecular weight excluding hydrogens is 335 g/mol. The number of carbonyl (C=O) groups excluding carboxylic acids is 2. The van der Waals surface area contributed by atoms with Crippen molar-refractivity contribution in [2.75, 3.05) is 5.32 Å². The lowest BCUT2D eigenvalue weighted by molar-refractivity contribution is -0.114. The third-order valence-corrected chi connectivity index (χ3v) is 4.18. The predicted molar refractivity (Wildman–Crippen MR) is 97.5 cm³/mol. The van der Waals surface area contributed by atoms with Gasteiger partial charge in [0.2, 0.25) is 5.91 Å². The highest BCUT2D eigenvalue weighted by Gasteiger charge is 2.21. The van der Waals surface area contributed by atoms with Crippen LogP contribution in [0.4, 0.5) is 10.1 Å². The highest BCUT2D eigenvalue weighted by atomic mass is 19.1. The van der Waals surface area contributed by atoms with Crippen LogP contribution in [0.3, 0.4) is 0 Å². The Bertz CT molecular complexity index is 994. The molecule has 0 fully saturated rings. The smallest absolute Gasteiger partial charge is 0.287 e. The maximum atomic E-state index is 13.9. The fourth-order valence-corrected chi connectivity index (χ4v) is 2.86. The van der Waals surface area contributed by atoms with Gasteiger partial charge in [0.15, 0.2) is 17.2 Å². The summed E-state index contributed by atoms with van der Waals surface area (Å²) in [6, 6.07) is 11.5. The quantitative estimate of drug-likeness (QED) is 0.732. The molecule has 0 spiro atoms. The van der Waals surface area contributed by atoms with E-state index in [9.17, 15) is 14.0 Å². The van der Waals surface area contributed by atoms with Gasteiger partial charge in [-0.2, -0.15) is 0 Å². The van der Waals surface area contributed by atoms with E-state index in [-0.39, 0.29) is 23.3 Å². The van der Waals surface area contributed by atoms with Gasteiger partial charge in [-0.05, 0) is 37.6 Å². The average molecular weight is 354 g/mol. The Morgan fingerprint density at radius 1 is 1.15 bits per heavy atom. The van der Waals surface area contributed by atoms with Crippen molar-refractivity contribution in [3.63, 3.8) is 0 Å². The zero-order valence-corrected chi connectivity index (χ0v) is 14.7. The molecule has 6 heteroatoms. The number of fused-ring (bicyclic) bond motifs is 1. The minimum absolute atomic E-state index is 0.0791. The van der Waals surface area contributed by atoms with Gasteiger partial charge in [0.1, 0.15) is 0 Å². The number of hydrogen-bond acceptors (Lipinski definition) is 3. The van der Waals surface area contributed by atoms with Crippen LogP contribution in [-0.2, 0) is 4.79 Å². The Morgan fingerprint density at radius 3 is 2.58 bits per heavy atom. The number of para-hydroxylation sites is 1. The van der Waals surface area contributed by atoms with Gasteiger partial charge in [-0.1, -0.05) is 24.3 Å². The first-order valence-electron chi connectivity index (χ1n) is 8.23. The Hall–Kier alpha value is -3.15. The van der Waals surface area contributed by atoms with Gasteiger partial charge in [0.05, 0.1) is 6.04 Å². The van der Waals surface area contributed by atoms with Gasteiger partial charge >= 0.3 is 0 Å². The molecule has 0 aliphatic heterocycles. The molecule has 0 saturated carbocycles. The maximum Gasteiger partial charge on any atom is 0.287 e. The molecule has 1 atom stereocenters. The van der Waals surface area contributed by atoms with E-state index in [4.69, 9.17) is 4.42 Å². The molecule has 2 aromatic carbocycles. The Kier molecular flexibility index (Phi) is 4.75. The second-order valence-corrected chi connectivity index (χ2v) is 6.17. The molecule has 1 heterocycles. The highest BCUT2D eigenvalue weighted by molar-refractivity contribution is 5.99. The standard InChI is InChI=1S/C20H19FN2O3/c1-11-16-8-5-9-17(21)19(16)26-18(11)20(25)22-12(2)14-6-4-7-15(10-14)23-13(3)24/h4-10,12H,1-3H3,(H,22,25)(H,23,24). The first kappa shape index (κ1) is 17.7. The molecule has 0 bridgehead atoms. The van der Waals surface area contributed by atoms with E-state index in [1.165, 1.54) is 13.0 Å². The van der Waals surface area contributed by atoms with Crippen molar-refractivity contribution in [1.82, 2.24) is 5.32 Å². The molecule has 1 aromatic heterocycles. The molecule has 5 nitrogen and oxygen atoms in total. The van der Waals surface area contributed by atoms with E-state index in [1.54, 1.807) is 37.3 Å². The fourth-order valence-electron chi connectivity index (χ4n) is 2.86. The summed E-state index contributed by atoms with van der Waals surface area (Å²) in [5, 5.41) is 6.13. The lowest BCUT2D eigenvalue weighted by Crippen LogP contribution is -2.26. The number of furan rings is 1. The highest BCUT2D eigenvalue weighted by Crippen LogP contribution is 2.28. The van der Waals surface area contributed by atoms with Gasteiger partial charge in [-0.25, -0.2) is 4.39 Å². The van der Waals surface area contributed by atoms with E-state index in [0.717, 1.165) is 5.56 Å². The number of hydrogen-bond donors (Lipinski definition) is 2. The summed E-state index contributed by atoms with van der Waals surface area (Å²) in [4.78, 5) is 23.8. The number of nitrogens with one attached hydrogen (secondary N) is 2. The lowest BCUT2D eigenvalue weighted by Gasteiger charge is -2.15. The molecule has 0 radical (unpaired) electrons. The van der Waals surface area contributed by atoms with Crippen LogP contribution in [0, 0.1) is 12.7 Å². The molecule has 3 rings (SSSR count). The van der Waals surface area contributed by atoms with Crippen molar-refractivity contribution in [3.8, 4) is 0 Å². The van der Waals surface area contributed by atoms with Crippen LogP contribution in [0.2, 0.25) is 0 Å². The van der Waals surface area contributed by atoms with Crippen LogP contribution < -0.4 is 10.6 Å².